The van der Waals surface area contributed by atoms with E-state index in [1.165, 1.54) is 24.1 Å². The molecular formula is C11H10F3N3O2. The first-order valence-corrected chi connectivity index (χ1v) is 5.26. The summed E-state index contributed by atoms with van der Waals surface area (Å²) in [5.41, 5.74) is 0.528. The summed E-state index contributed by atoms with van der Waals surface area (Å²) in [7, 11) is 1.50. The third-order valence-electron chi connectivity index (χ3n) is 2.65. The van der Waals surface area contributed by atoms with Crippen molar-refractivity contribution < 1.29 is 22.7 Å². The van der Waals surface area contributed by atoms with E-state index < -0.39 is 18.4 Å². The maximum absolute atomic E-state index is 12.0. The minimum absolute atomic E-state index is 0.0167. The highest BCUT2D eigenvalue weighted by Crippen LogP contribution is 2.28. The molecule has 1 aromatic carbocycles. The lowest BCUT2D eigenvalue weighted by Crippen LogP contribution is -2.25. The van der Waals surface area contributed by atoms with E-state index in [1.807, 2.05) is 0 Å². The Labute approximate surface area is 106 Å². The van der Waals surface area contributed by atoms with E-state index in [0.717, 1.165) is 12.1 Å². The molecule has 1 aromatic rings. The number of carbonyl (C=O) groups excluding carboxylic acids is 1. The van der Waals surface area contributed by atoms with E-state index in [9.17, 15) is 18.0 Å². The summed E-state index contributed by atoms with van der Waals surface area (Å²) in [6, 6.07) is 4.02. The number of likely N-dealkylation sites (N-methyl/N-ethyl adjacent to an activating group) is 1. The van der Waals surface area contributed by atoms with E-state index in [1.54, 1.807) is 0 Å². The highest BCUT2D eigenvalue weighted by molar-refractivity contribution is 6.05. The molecule has 1 atom stereocenters. The van der Waals surface area contributed by atoms with Crippen molar-refractivity contribution in [3.8, 4) is 5.75 Å². The molecule has 1 fully saturated rings. The summed E-state index contributed by atoms with van der Waals surface area (Å²) in [6.07, 6.45) is -4.74. The minimum atomic E-state index is -4.74. The summed E-state index contributed by atoms with van der Waals surface area (Å²) >= 11 is 0. The van der Waals surface area contributed by atoms with Crippen LogP contribution in [0.1, 0.15) is 11.6 Å². The van der Waals surface area contributed by atoms with Crippen molar-refractivity contribution in [2.24, 2.45) is 0 Å². The third kappa shape index (κ3) is 2.78. The number of nitrogens with zero attached hydrogens (tertiary/aromatic N) is 1. The summed E-state index contributed by atoms with van der Waals surface area (Å²) in [5, 5.41) is 9.94. The van der Waals surface area contributed by atoms with E-state index in [2.05, 4.69) is 10.1 Å². The van der Waals surface area contributed by atoms with Crippen molar-refractivity contribution in [2.75, 3.05) is 7.05 Å². The number of urea groups is 1. The number of benzene rings is 1. The largest absolute Gasteiger partial charge is 0.573 e. The van der Waals surface area contributed by atoms with Crippen LogP contribution in [-0.4, -0.2) is 30.2 Å². The van der Waals surface area contributed by atoms with Crippen molar-refractivity contribution in [3.63, 3.8) is 0 Å². The molecule has 1 heterocycles. The maximum atomic E-state index is 12.0. The number of carbonyl (C=O) groups is 1. The van der Waals surface area contributed by atoms with Crippen molar-refractivity contribution in [1.82, 2.24) is 10.2 Å². The first kappa shape index (κ1) is 13.2. The Kier molecular flexibility index (Phi) is 3.09. The molecule has 1 aliphatic rings. The first-order chi connectivity index (χ1) is 8.78. The number of nitrogens with one attached hydrogen (secondary N) is 2. The fourth-order valence-corrected chi connectivity index (χ4v) is 1.82. The molecule has 8 heteroatoms. The number of amidine groups is 1. The highest BCUT2D eigenvalue weighted by atomic mass is 19.4. The average Bonchev–Trinajstić information content (AvgIpc) is 2.53. The second-order valence-corrected chi connectivity index (χ2v) is 3.97. The fourth-order valence-electron chi connectivity index (χ4n) is 1.82. The zero-order valence-corrected chi connectivity index (χ0v) is 9.78. The molecule has 0 spiro atoms. The number of amides is 2. The van der Waals surface area contributed by atoms with Crippen LogP contribution in [0.2, 0.25) is 0 Å². The van der Waals surface area contributed by atoms with Crippen LogP contribution in [0.15, 0.2) is 24.3 Å². The molecule has 2 amide bonds. The first-order valence-electron chi connectivity index (χ1n) is 5.26. The molecule has 2 N–H and O–H groups in total. The zero-order valence-electron chi connectivity index (χ0n) is 9.78. The second kappa shape index (κ2) is 4.45. The highest BCUT2D eigenvalue weighted by Gasteiger charge is 2.34. The van der Waals surface area contributed by atoms with Gasteiger partial charge in [0, 0.05) is 7.05 Å². The molecule has 102 valence electrons. The lowest BCUT2D eigenvalue weighted by Gasteiger charge is -2.18. The Morgan fingerprint density at radius 1 is 1.32 bits per heavy atom. The van der Waals surface area contributed by atoms with Gasteiger partial charge in [-0.1, -0.05) is 12.1 Å². The van der Waals surface area contributed by atoms with Crippen molar-refractivity contribution in [2.45, 2.75) is 12.4 Å². The lowest BCUT2D eigenvalue weighted by atomic mass is 10.1. The third-order valence-corrected chi connectivity index (χ3v) is 2.65. The molecule has 0 aromatic heterocycles. The van der Waals surface area contributed by atoms with Crippen LogP contribution in [0.5, 0.6) is 5.75 Å². The van der Waals surface area contributed by atoms with E-state index >= 15 is 0 Å². The molecular weight excluding hydrogens is 263 g/mol. The molecule has 1 saturated heterocycles. The van der Waals surface area contributed by atoms with E-state index in [4.69, 9.17) is 5.41 Å². The number of rotatable bonds is 2. The van der Waals surface area contributed by atoms with Gasteiger partial charge in [0.15, 0.2) is 0 Å². The molecule has 0 saturated carbocycles. The van der Waals surface area contributed by atoms with E-state index in [-0.39, 0.29) is 11.6 Å². The summed E-state index contributed by atoms with van der Waals surface area (Å²) in [4.78, 5) is 12.6. The normalized spacial score (nSPS) is 19.6. The van der Waals surface area contributed by atoms with Crippen molar-refractivity contribution in [3.05, 3.63) is 29.8 Å². The SMILES string of the molecule is CN1C(=O)NC(=N)C1c1ccc(OC(F)(F)F)cc1. The van der Waals surface area contributed by atoms with Gasteiger partial charge in [0.05, 0.1) is 0 Å². The van der Waals surface area contributed by atoms with Crippen LogP contribution in [-0.2, 0) is 0 Å². The summed E-state index contributed by atoms with van der Waals surface area (Å²) < 4.78 is 39.7. The predicted molar refractivity (Wildman–Crippen MR) is 59.9 cm³/mol. The number of hydrogen-bond acceptors (Lipinski definition) is 3. The number of alkyl halides is 3. The van der Waals surface area contributed by atoms with Crippen LogP contribution < -0.4 is 10.1 Å². The van der Waals surface area contributed by atoms with Crippen molar-refractivity contribution >= 4 is 11.9 Å². The maximum Gasteiger partial charge on any atom is 0.573 e. The molecule has 0 bridgehead atoms. The second-order valence-electron chi connectivity index (χ2n) is 3.97. The topological polar surface area (TPSA) is 65.4 Å². The molecule has 0 radical (unpaired) electrons. The van der Waals surface area contributed by atoms with Gasteiger partial charge in [-0.3, -0.25) is 10.7 Å². The molecule has 0 aliphatic carbocycles. The average molecular weight is 273 g/mol. The molecule has 5 nitrogen and oxygen atoms in total. The monoisotopic (exact) mass is 273 g/mol. The standard InChI is InChI=1S/C11H10F3N3O2/c1-17-8(9(15)16-10(17)18)6-2-4-7(5-3-6)19-11(12,13)14/h2-5,8H,1H3,(H2,15,16,18). The van der Waals surface area contributed by atoms with Crippen LogP contribution in [0.3, 0.4) is 0 Å². The van der Waals surface area contributed by atoms with Gasteiger partial charge in [0.1, 0.15) is 17.6 Å². The van der Waals surface area contributed by atoms with Gasteiger partial charge in [0.25, 0.3) is 0 Å². The quantitative estimate of drug-likeness (QED) is 0.868. The van der Waals surface area contributed by atoms with Gasteiger partial charge in [0.2, 0.25) is 0 Å². The number of hydrogen-bond donors (Lipinski definition) is 2. The van der Waals surface area contributed by atoms with Crippen molar-refractivity contribution in [1.29, 1.82) is 5.41 Å². The van der Waals surface area contributed by atoms with E-state index in [0.29, 0.717) is 5.56 Å². The molecule has 19 heavy (non-hydrogen) atoms. The fraction of sp³-hybridized carbons (Fsp3) is 0.273. The van der Waals surface area contributed by atoms with Gasteiger partial charge < -0.3 is 9.64 Å². The Balaban J connectivity index is 2.19. The number of ether oxygens (including phenoxy) is 1. The van der Waals surface area contributed by atoms with Crippen LogP contribution in [0, 0.1) is 5.41 Å². The molecule has 1 aliphatic heterocycles. The summed E-state index contributed by atoms with van der Waals surface area (Å²) in [6.45, 7) is 0. The lowest BCUT2D eigenvalue weighted by molar-refractivity contribution is -0.274. The number of halogens is 3. The van der Waals surface area contributed by atoms with Crippen LogP contribution >= 0.6 is 0 Å². The van der Waals surface area contributed by atoms with Gasteiger partial charge in [-0.2, -0.15) is 0 Å². The van der Waals surface area contributed by atoms with Crippen LogP contribution in [0.25, 0.3) is 0 Å². The Bertz CT molecular complexity index is 513. The predicted octanol–water partition coefficient (Wildman–Crippen LogP) is 2.26. The van der Waals surface area contributed by atoms with Gasteiger partial charge in [-0.25, -0.2) is 4.79 Å². The van der Waals surface area contributed by atoms with Crippen LogP contribution in [0.4, 0.5) is 18.0 Å². The smallest absolute Gasteiger partial charge is 0.406 e. The van der Waals surface area contributed by atoms with Gasteiger partial charge in [-0.15, -0.1) is 13.2 Å². The molecule has 2 rings (SSSR count). The van der Waals surface area contributed by atoms with Gasteiger partial charge >= 0.3 is 12.4 Å². The summed E-state index contributed by atoms with van der Waals surface area (Å²) in [5.74, 6) is -0.361. The minimum Gasteiger partial charge on any atom is -0.406 e. The van der Waals surface area contributed by atoms with Gasteiger partial charge in [-0.05, 0) is 17.7 Å². The Morgan fingerprint density at radius 2 is 1.89 bits per heavy atom. The zero-order chi connectivity index (χ0) is 14.2. The molecule has 1 unspecified atom stereocenters. The Morgan fingerprint density at radius 3 is 2.32 bits per heavy atom. The Hall–Kier alpha value is -2.25.